The van der Waals surface area contributed by atoms with E-state index in [4.69, 9.17) is 4.74 Å². The molecule has 110 valence electrons. The summed E-state index contributed by atoms with van der Waals surface area (Å²) in [5.74, 6) is 0.446. The predicted octanol–water partition coefficient (Wildman–Crippen LogP) is -0.200. The fourth-order valence-electron chi connectivity index (χ4n) is 2.84. The van der Waals surface area contributed by atoms with Gasteiger partial charge in [-0.2, -0.15) is 0 Å². The van der Waals surface area contributed by atoms with Gasteiger partial charge in [-0.1, -0.05) is 5.21 Å². The van der Waals surface area contributed by atoms with Crippen LogP contribution in [0.3, 0.4) is 0 Å². The predicted molar refractivity (Wildman–Crippen MR) is 72.4 cm³/mol. The summed E-state index contributed by atoms with van der Waals surface area (Å²) < 4.78 is 7.06. The maximum atomic E-state index is 12.0. The van der Waals surface area contributed by atoms with Crippen LogP contribution in [-0.4, -0.2) is 64.3 Å². The van der Waals surface area contributed by atoms with E-state index in [1.165, 1.54) is 12.8 Å². The SMILES string of the molecule is Cn1cc(NC(=O)N[C@@H]2COC[C@H]2N2CCCC2)nn1. The molecule has 2 aliphatic rings. The third-order valence-corrected chi connectivity index (χ3v) is 3.82. The quantitative estimate of drug-likeness (QED) is 0.801. The zero-order valence-corrected chi connectivity index (χ0v) is 11.6. The minimum absolute atomic E-state index is 0.0322. The number of nitrogens with zero attached hydrogens (tertiary/aromatic N) is 4. The first-order valence-corrected chi connectivity index (χ1v) is 6.98. The van der Waals surface area contributed by atoms with Gasteiger partial charge in [-0.25, -0.2) is 4.79 Å². The number of aromatic nitrogens is 3. The maximum absolute atomic E-state index is 12.0. The van der Waals surface area contributed by atoms with Crippen molar-refractivity contribution in [3.8, 4) is 0 Å². The van der Waals surface area contributed by atoms with E-state index in [1.54, 1.807) is 17.9 Å². The van der Waals surface area contributed by atoms with Crippen molar-refractivity contribution in [2.45, 2.75) is 24.9 Å². The first-order valence-electron chi connectivity index (χ1n) is 6.98. The van der Waals surface area contributed by atoms with E-state index in [-0.39, 0.29) is 18.1 Å². The van der Waals surface area contributed by atoms with Crippen molar-refractivity contribution in [1.82, 2.24) is 25.2 Å². The Morgan fingerprint density at radius 2 is 2.20 bits per heavy atom. The topological polar surface area (TPSA) is 84.3 Å². The van der Waals surface area contributed by atoms with E-state index >= 15 is 0 Å². The molecule has 2 N–H and O–H groups in total. The van der Waals surface area contributed by atoms with Crippen LogP contribution in [0.2, 0.25) is 0 Å². The Bertz CT molecular complexity index is 470. The molecule has 3 heterocycles. The zero-order chi connectivity index (χ0) is 13.9. The summed E-state index contributed by atoms with van der Waals surface area (Å²) in [5, 5.41) is 13.2. The molecular weight excluding hydrogens is 260 g/mol. The van der Waals surface area contributed by atoms with Crippen LogP contribution < -0.4 is 10.6 Å². The Labute approximate surface area is 117 Å². The van der Waals surface area contributed by atoms with Gasteiger partial charge in [-0.3, -0.25) is 14.9 Å². The van der Waals surface area contributed by atoms with E-state index in [0.717, 1.165) is 13.1 Å². The van der Waals surface area contributed by atoms with Gasteiger partial charge in [0, 0.05) is 7.05 Å². The highest BCUT2D eigenvalue weighted by Crippen LogP contribution is 2.19. The first-order chi connectivity index (χ1) is 9.72. The molecule has 8 heteroatoms. The van der Waals surface area contributed by atoms with Gasteiger partial charge in [-0.05, 0) is 25.9 Å². The van der Waals surface area contributed by atoms with Crippen LogP contribution in [0.5, 0.6) is 0 Å². The van der Waals surface area contributed by atoms with Crippen molar-refractivity contribution in [2.24, 2.45) is 7.05 Å². The summed E-state index contributed by atoms with van der Waals surface area (Å²) in [6.45, 7) is 3.45. The van der Waals surface area contributed by atoms with E-state index in [2.05, 4.69) is 25.8 Å². The van der Waals surface area contributed by atoms with E-state index < -0.39 is 0 Å². The van der Waals surface area contributed by atoms with Gasteiger partial charge in [0.25, 0.3) is 0 Å². The molecule has 1 aromatic rings. The lowest BCUT2D eigenvalue weighted by molar-refractivity contribution is 0.159. The van der Waals surface area contributed by atoms with Gasteiger partial charge < -0.3 is 10.1 Å². The molecule has 0 radical (unpaired) electrons. The van der Waals surface area contributed by atoms with Crippen LogP contribution >= 0.6 is 0 Å². The number of nitrogens with one attached hydrogen (secondary N) is 2. The van der Waals surface area contributed by atoms with Gasteiger partial charge in [-0.15, -0.1) is 5.10 Å². The van der Waals surface area contributed by atoms with Crippen LogP contribution in [0.25, 0.3) is 0 Å². The summed E-state index contributed by atoms with van der Waals surface area (Å²) in [6.07, 6.45) is 4.12. The summed E-state index contributed by atoms with van der Waals surface area (Å²) in [7, 11) is 1.75. The lowest BCUT2D eigenvalue weighted by Gasteiger charge is -2.27. The van der Waals surface area contributed by atoms with Crippen molar-refractivity contribution in [3.63, 3.8) is 0 Å². The van der Waals surface area contributed by atoms with Crippen LogP contribution in [0.4, 0.5) is 10.6 Å². The Morgan fingerprint density at radius 3 is 2.90 bits per heavy atom. The molecule has 2 aliphatic heterocycles. The van der Waals surface area contributed by atoms with Gasteiger partial charge in [0.1, 0.15) is 0 Å². The number of amides is 2. The fraction of sp³-hybridized carbons (Fsp3) is 0.750. The standard InChI is InChI=1S/C12H20N6O2/c1-17-6-11(15-16-17)14-12(19)13-9-7-20-8-10(9)18-4-2-3-5-18/h6,9-10H,2-5,7-8H2,1H3,(H2,13,14,19)/t9-,10-/m1/s1. The Morgan fingerprint density at radius 1 is 1.40 bits per heavy atom. The summed E-state index contributed by atoms with van der Waals surface area (Å²) in [4.78, 5) is 14.4. The number of hydrogen-bond acceptors (Lipinski definition) is 5. The number of rotatable bonds is 3. The highest BCUT2D eigenvalue weighted by molar-refractivity contribution is 5.88. The van der Waals surface area contributed by atoms with Crippen LogP contribution in [0.1, 0.15) is 12.8 Å². The van der Waals surface area contributed by atoms with Gasteiger partial charge in [0.15, 0.2) is 5.82 Å². The highest BCUT2D eigenvalue weighted by atomic mass is 16.5. The Kier molecular flexibility index (Phi) is 3.83. The molecule has 1 aromatic heterocycles. The molecule has 2 amide bonds. The molecule has 0 unspecified atom stereocenters. The second-order valence-corrected chi connectivity index (χ2v) is 5.33. The van der Waals surface area contributed by atoms with E-state index in [9.17, 15) is 4.79 Å². The van der Waals surface area contributed by atoms with Gasteiger partial charge >= 0.3 is 6.03 Å². The zero-order valence-electron chi connectivity index (χ0n) is 11.6. The third-order valence-electron chi connectivity index (χ3n) is 3.82. The minimum Gasteiger partial charge on any atom is -0.378 e. The molecule has 0 spiro atoms. The number of anilines is 1. The average molecular weight is 280 g/mol. The van der Waals surface area contributed by atoms with Crippen molar-refractivity contribution in [2.75, 3.05) is 31.6 Å². The van der Waals surface area contributed by atoms with E-state index in [0.29, 0.717) is 19.0 Å². The molecule has 20 heavy (non-hydrogen) atoms. The summed E-state index contributed by atoms with van der Waals surface area (Å²) >= 11 is 0. The van der Waals surface area contributed by atoms with Crippen molar-refractivity contribution < 1.29 is 9.53 Å². The fourth-order valence-corrected chi connectivity index (χ4v) is 2.84. The lowest BCUT2D eigenvalue weighted by Crippen LogP contribution is -2.51. The summed E-state index contributed by atoms with van der Waals surface area (Å²) in [5.41, 5.74) is 0. The molecule has 0 bridgehead atoms. The van der Waals surface area contributed by atoms with Gasteiger partial charge in [0.05, 0.1) is 31.5 Å². The van der Waals surface area contributed by atoms with Crippen molar-refractivity contribution in [1.29, 1.82) is 0 Å². The lowest BCUT2D eigenvalue weighted by atomic mass is 10.1. The Balaban J connectivity index is 1.54. The minimum atomic E-state index is -0.259. The van der Waals surface area contributed by atoms with Crippen LogP contribution in [0.15, 0.2) is 6.20 Å². The molecule has 3 rings (SSSR count). The number of carbonyl (C=O) groups is 1. The molecule has 0 aromatic carbocycles. The molecule has 0 aliphatic carbocycles. The number of urea groups is 1. The molecule has 0 saturated carbocycles. The highest BCUT2D eigenvalue weighted by Gasteiger charge is 2.35. The van der Waals surface area contributed by atoms with Crippen LogP contribution in [-0.2, 0) is 11.8 Å². The molecular formula is C12H20N6O2. The van der Waals surface area contributed by atoms with Gasteiger partial charge in [0.2, 0.25) is 0 Å². The molecule has 8 nitrogen and oxygen atoms in total. The second kappa shape index (κ2) is 5.76. The number of likely N-dealkylation sites (tertiary alicyclic amines) is 1. The van der Waals surface area contributed by atoms with Crippen LogP contribution in [0, 0.1) is 0 Å². The number of ether oxygens (including phenoxy) is 1. The number of carbonyl (C=O) groups excluding carboxylic acids is 1. The smallest absolute Gasteiger partial charge is 0.320 e. The number of aryl methyl sites for hydroxylation is 1. The molecule has 2 fully saturated rings. The summed E-state index contributed by atoms with van der Waals surface area (Å²) in [6, 6.07) is 0.0556. The van der Waals surface area contributed by atoms with Crippen molar-refractivity contribution in [3.05, 3.63) is 6.20 Å². The molecule has 2 atom stereocenters. The first kappa shape index (κ1) is 13.3. The largest absolute Gasteiger partial charge is 0.378 e. The third kappa shape index (κ3) is 2.91. The normalized spacial score (nSPS) is 26.9. The monoisotopic (exact) mass is 280 g/mol. The molecule has 2 saturated heterocycles. The maximum Gasteiger partial charge on any atom is 0.320 e. The van der Waals surface area contributed by atoms with Crippen molar-refractivity contribution >= 4 is 11.8 Å². The Hall–Kier alpha value is -1.67. The van der Waals surface area contributed by atoms with E-state index in [1.807, 2.05) is 0 Å². The second-order valence-electron chi connectivity index (χ2n) is 5.33. The number of hydrogen-bond donors (Lipinski definition) is 2. The average Bonchev–Trinajstić information content (AvgIpc) is 3.10.